The van der Waals surface area contributed by atoms with Gasteiger partial charge in [-0.3, -0.25) is 0 Å². The molecule has 80 valence electrons. The summed E-state index contributed by atoms with van der Waals surface area (Å²) in [6, 6.07) is 4.12. The molecular formula is C11H14N2OS. The summed E-state index contributed by atoms with van der Waals surface area (Å²) in [4.78, 5) is 5.51. The third kappa shape index (κ3) is 2.46. The molecule has 0 amide bonds. The maximum atomic E-state index is 5.63. The first-order valence-electron chi connectivity index (χ1n) is 4.96. The van der Waals surface area contributed by atoms with E-state index < -0.39 is 0 Å². The molecule has 0 saturated carbocycles. The lowest BCUT2D eigenvalue weighted by atomic mass is 10.1. The van der Waals surface area contributed by atoms with Crippen LogP contribution >= 0.6 is 11.3 Å². The van der Waals surface area contributed by atoms with Crippen molar-refractivity contribution in [2.45, 2.75) is 19.3 Å². The van der Waals surface area contributed by atoms with Crippen molar-refractivity contribution in [1.82, 2.24) is 4.98 Å². The average Bonchev–Trinajstić information content (AvgIpc) is 2.88. The molecule has 0 saturated heterocycles. The van der Waals surface area contributed by atoms with Crippen LogP contribution in [0.3, 0.4) is 0 Å². The molecule has 3 nitrogen and oxygen atoms in total. The maximum absolute atomic E-state index is 5.63. The zero-order chi connectivity index (χ0) is 10.7. The van der Waals surface area contributed by atoms with Crippen molar-refractivity contribution in [2.75, 3.05) is 6.54 Å². The highest BCUT2D eigenvalue weighted by atomic mass is 32.1. The van der Waals surface area contributed by atoms with Crippen molar-refractivity contribution in [3.8, 4) is 0 Å². The summed E-state index contributed by atoms with van der Waals surface area (Å²) < 4.78 is 5.63. The third-order valence-corrected chi connectivity index (χ3v) is 3.19. The minimum Gasteiger partial charge on any atom is -0.445 e. The first-order chi connectivity index (χ1) is 7.29. The van der Waals surface area contributed by atoms with Crippen molar-refractivity contribution >= 4 is 11.3 Å². The van der Waals surface area contributed by atoms with Crippen LogP contribution in [-0.2, 0) is 6.42 Å². The van der Waals surface area contributed by atoms with E-state index in [-0.39, 0.29) is 5.92 Å². The monoisotopic (exact) mass is 222 g/mol. The second-order valence-electron chi connectivity index (χ2n) is 3.55. The zero-order valence-electron chi connectivity index (χ0n) is 8.64. The van der Waals surface area contributed by atoms with Gasteiger partial charge in [-0.15, -0.1) is 11.3 Å². The van der Waals surface area contributed by atoms with Gasteiger partial charge in [0.25, 0.3) is 0 Å². The van der Waals surface area contributed by atoms with Gasteiger partial charge in [-0.05, 0) is 11.4 Å². The molecule has 0 aliphatic carbocycles. The van der Waals surface area contributed by atoms with E-state index in [4.69, 9.17) is 10.2 Å². The van der Waals surface area contributed by atoms with E-state index in [0.29, 0.717) is 6.54 Å². The van der Waals surface area contributed by atoms with Gasteiger partial charge in [-0.25, -0.2) is 4.98 Å². The largest absolute Gasteiger partial charge is 0.445 e. The zero-order valence-corrected chi connectivity index (χ0v) is 9.46. The quantitative estimate of drug-likeness (QED) is 0.864. The van der Waals surface area contributed by atoms with Gasteiger partial charge >= 0.3 is 0 Å². The molecular weight excluding hydrogens is 208 g/mol. The van der Waals surface area contributed by atoms with Gasteiger partial charge in [-0.1, -0.05) is 13.0 Å². The fourth-order valence-corrected chi connectivity index (χ4v) is 2.01. The van der Waals surface area contributed by atoms with Crippen LogP contribution in [0.4, 0.5) is 0 Å². The third-order valence-electron chi connectivity index (χ3n) is 2.32. The molecule has 2 aromatic rings. The molecule has 2 N–H and O–H groups in total. The summed E-state index contributed by atoms with van der Waals surface area (Å²) in [5, 5.41) is 2.06. The molecule has 0 spiro atoms. The van der Waals surface area contributed by atoms with Crippen LogP contribution in [0.2, 0.25) is 0 Å². The summed E-state index contributed by atoms with van der Waals surface area (Å²) in [7, 11) is 0. The Morgan fingerprint density at radius 3 is 3.13 bits per heavy atom. The fourth-order valence-electron chi connectivity index (χ4n) is 1.31. The number of nitrogens with two attached hydrogens (primary N) is 1. The van der Waals surface area contributed by atoms with Gasteiger partial charge in [0.2, 0.25) is 0 Å². The van der Waals surface area contributed by atoms with Gasteiger partial charge in [0.15, 0.2) is 5.89 Å². The van der Waals surface area contributed by atoms with Crippen LogP contribution in [0.15, 0.2) is 28.1 Å². The minimum absolute atomic E-state index is 0.245. The molecule has 1 unspecified atom stereocenters. The van der Waals surface area contributed by atoms with Gasteiger partial charge in [0, 0.05) is 17.3 Å². The van der Waals surface area contributed by atoms with Crippen molar-refractivity contribution < 1.29 is 4.42 Å². The highest BCUT2D eigenvalue weighted by Crippen LogP contribution is 2.18. The SMILES string of the molecule is CC(CN)c1cnc(Cc2cccs2)o1. The first kappa shape index (κ1) is 10.4. The highest BCUT2D eigenvalue weighted by molar-refractivity contribution is 7.09. The standard InChI is InChI=1S/C11H14N2OS/c1-8(6-12)10-7-13-11(14-10)5-9-3-2-4-15-9/h2-4,7-8H,5-6,12H2,1H3. The summed E-state index contributed by atoms with van der Waals surface area (Å²) in [6.07, 6.45) is 2.55. The number of hydrogen-bond acceptors (Lipinski definition) is 4. The molecule has 2 aromatic heterocycles. The Balaban J connectivity index is 2.07. The van der Waals surface area contributed by atoms with E-state index >= 15 is 0 Å². The van der Waals surface area contributed by atoms with Crippen molar-refractivity contribution in [2.24, 2.45) is 5.73 Å². The van der Waals surface area contributed by atoms with Crippen LogP contribution in [0.1, 0.15) is 29.4 Å². The topological polar surface area (TPSA) is 52.0 Å². The summed E-state index contributed by atoms with van der Waals surface area (Å²) in [5.41, 5.74) is 5.56. The molecule has 0 fully saturated rings. The molecule has 15 heavy (non-hydrogen) atoms. The van der Waals surface area contributed by atoms with E-state index in [1.807, 2.05) is 13.0 Å². The number of nitrogens with zero attached hydrogens (tertiary/aromatic N) is 1. The second-order valence-corrected chi connectivity index (χ2v) is 4.58. The van der Waals surface area contributed by atoms with Gasteiger partial charge in [-0.2, -0.15) is 0 Å². The Bertz CT molecular complexity index is 408. The molecule has 0 radical (unpaired) electrons. The predicted octanol–water partition coefficient (Wildman–Crippen LogP) is 2.39. The Kier molecular flexibility index (Phi) is 3.18. The molecule has 0 bridgehead atoms. The number of hydrogen-bond donors (Lipinski definition) is 1. The molecule has 0 aliphatic rings. The van der Waals surface area contributed by atoms with Crippen molar-refractivity contribution in [1.29, 1.82) is 0 Å². The predicted molar refractivity (Wildman–Crippen MR) is 61.1 cm³/mol. The Hall–Kier alpha value is -1.13. The van der Waals surface area contributed by atoms with Crippen LogP contribution in [0, 0.1) is 0 Å². The van der Waals surface area contributed by atoms with E-state index in [1.54, 1.807) is 17.5 Å². The number of oxazole rings is 1. The van der Waals surface area contributed by atoms with Crippen LogP contribution < -0.4 is 5.73 Å². The summed E-state index contributed by atoms with van der Waals surface area (Å²) in [5.74, 6) is 1.89. The minimum atomic E-state index is 0.245. The van der Waals surface area contributed by atoms with Crippen LogP contribution in [0.25, 0.3) is 0 Å². The lowest BCUT2D eigenvalue weighted by Gasteiger charge is -2.01. The number of aromatic nitrogens is 1. The molecule has 0 aromatic carbocycles. The second kappa shape index (κ2) is 4.59. The van der Waals surface area contributed by atoms with Crippen LogP contribution in [-0.4, -0.2) is 11.5 Å². The number of rotatable bonds is 4. The van der Waals surface area contributed by atoms with Gasteiger partial charge in [0.1, 0.15) is 5.76 Å². The van der Waals surface area contributed by atoms with Crippen molar-refractivity contribution in [3.05, 3.63) is 40.2 Å². The first-order valence-corrected chi connectivity index (χ1v) is 5.84. The Morgan fingerprint density at radius 2 is 2.47 bits per heavy atom. The summed E-state index contributed by atoms with van der Waals surface area (Å²) >= 11 is 1.72. The van der Waals surface area contributed by atoms with E-state index in [1.165, 1.54) is 4.88 Å². The average molecular weight is 222 g/mol. The molecule has 2 rings (SSSR count). The van der Waals surface area contributed by atoms with E-state index in [0.717, 1.165) is 18.1 Å². The lowest BCUT2D eigenvalue weighted by molar-refractivity contribution is 0.441. The van der Waals surface area contributed by atoms with Crippen molar-refractivity contribution in [3.63, 3.8) is 0 Å². The van der Waals surface area contributed by atoms with Gasteiger partial charge in [0.05, 0.1) is 12.6 Å². The molecule has 4 heteroatoms. The van der Waals surface area contributed by atoms with E-state index in [2.05, 4.69) is 16.4 Å². The summed E-state index contributed by atoms with van der Waals surface area (Å²) in [6.45, 7) is 2.63. The maximum Gasteiger partial charge on any atom is 0.199 e. The number of thiophene rings is 1. The normalized spacial score (nSPS) is 12.9. The van der Waals surface area contributed by atoms with Crippen LogP contribution in [0.5, 0.6) is 0 Å². The van der Waals surface area contributed by atoms with E-state index in [9.17, 15) is 0 Å². The Labute approximate surface area is 92.9 Å². The highest BCUT2D eigenvalue weighted by Gasteiger charge is 2.10. The molecule has 2 heterocycles. The molecule has 1 atom stereocenters. The molecule has 0 aliphatic heterocycles. The smallest absolute Gasteiger partial charge is 0.199 e. The lowest BCUT2D eigenvalue weighted by Crippen LogP contribution is -2.07. The van der Waals surface area contributed by atoms with Gasteiger partial charge < -0.3 is 10.2 Å². The Morgan fingerprint density at radius 1 is 1.60 bits per heavy atom. The fraction of sp³-hybridized carbons (Fsp3) is 0.364.